The molecule has 13 heavy (non-hydrogen) atoms. The molecule has 1 aliphatic heterocycles. The fourth-order valence-electron chi connectivity index (χ4n) is 2.57. The van der Waals surface area contributed by atoms with Crippen LogP contribution < -0.4 is 5.32 Å². The van der Waals surface area contributed by atoms with Crippen LogP contribution in [-0.2, 0) is 9.84 Å². The van der Waals surface area contributed by atoms with Crippen LogP contribution in [0.2, 0.25) is 0 Å². The SMILES string of the molecule is CS(=O)(=O)C1CC2(CCNCC2)C1. The van der Waals surface area contributed by atoms with Crippen molar-refractivity contribution in [1.29, 1.82) is 0 Å². The number of hydrogen-bond donors (Lipinski definition) is 1. The Balaban J connectivity index is 1.96. The van der Waals surface area contributed by atoms with Crippen molar-refractivity contribution in [3.8, 4) is 0 Å². The van der Waals surface area contributed by atoms with Gasteiger partial charge in [0.1, 0.15) is 9.84 Å². The summed E-state index contributed by atoms with van der Waals surface area (Å²) in [6.45, 7) is 2.13. The highest BCUT2D eigenvalue weighted by atomic mass is 32.2. The minimum atomic E-state index is -2.76. The number of nitrogens with one attached hydrogen (secondary N) is 1. The molecule has 0 aromatic rings. The van der Waals surface area contributed by atoms with Crippen molar-refractivity contribution in [1.82, 2.24) is 5.32 Å². The van der Waals surface area contributed by atoms with E-state index in [4.69, 9.17) is 0 Å². The maximum atomic E-state index is 11.2. The van der Waals surface area contributed by atoms with Gasteiger partial charge < -0.3 is 5.32 Å². The van der Waals surface area contributed by atoms with Crippen molar-refractivity contribution in [2.24, 2.45) is 5.41 Å². The van der Waals surface area contributed by atoms with Gasteiger partial charge in [0.25, 0.3) is 0 Å². The summed E-state index contributed by atoms with van der Waals surface area (Å²) in [5.41, 5.74) is 0.388. The molecule has 1 spiro atoms. The van der Waals surface area contributed by atoms with E-state index in [0.717, 1.165) is 25.9 Å². The van der Waals surface area contributed by atoms with Crippen molar-refractivity contribution in [3.63, 3.8) is 0 Å². The molecular weight excluding hydrogens is 186 g/mol. The topological polar surface area (TPSA) is 46.2 Å². The van der Waals surface area contributed by atoms with Crippen LogP contribution in [0.15, 0.2) is 0 Å². The first-order valence-electron chi connectivity index (χ1n) is 4.92. The van der Waals surface area contributed by atoms with Gasteiger partial charge in [0, 0.05) is 6.26 Å². The predicted molar refractivity (Wildman–Crippen MR) is 52.4 cm³/mol. The third kappa shape index (κ3) is 1.74. The minimum absolute atomic E-state index is 0.0365. The molecule has 0 atom stereocenters. The van der Waals surface area contributed by atoms with Crippen LogP contribution in [0.4, 0.5) is 0 Å². The summed E-state index contributed by atoms with van der Waals surface area (Å²) >= 11 is 0. The van der Waals surface area contributed by atoms with Crippen LogP contribution in [0.25, 0.3) is 0 Å². The molecule has 2 fully saturated rings. The van der Waals surface area contributed by atoms with Gasteiger partial charge in [-0.15, -0.1) is 0 Å². The molecular formula is C9H17NO2S. The van der Waals surface area contributed by atoms with Crippen LogP contribution in [0.5, 0.6) is 0 Å². The van der Waals surface area contributed by atoms with E-state index in [1.54, 1.807) is 0 Å². The summed E-state index contributed by atoms with van der Waals surface area (Å²) in [7, 11) is -2.76. The molecule has 1 heterocycles. The largest absolute Gasteiger partial charge is 0.317 e. The van der Waals surface area contributed by atoms with Crippen LogP contribution in [0.3, 0.4) is 0 Å². The average molecular weight is 203 g/mol. The van der Waals surface area contributed by atoms with E-state index in [9.17, 15) is 8.42 Å². The quantitative estimate of drug-likeness (QED) is 0.677. The molecule has 0 aromatic heterocycles. The maximum absolute atomic E-state index is 11.2. The Morgan fingerprint density at radius 1 is 1.23 bits per heavy atom. The molecule has 4 heteroatoms. The monoisotopic (exact) mass is 203 g/mol. The molecule has 1 N–H and O–H groups in total. The first-order valence-corrected chi connectivity index (χ1v) is 6.87. The van der Waals surface area contributed by atoms with Gasteiger partial charge in [-0.05, 0) is 44.2 Å². The maximum Gasteiger partial charge on any atom is 0.150 e. The second kappa shape index (κ2) is 2.95. The first kappa shape index (κ1) is 9.46. The Hall–Kier alpha value is -0.0900. The first-order chi connectivity index (χ1) is 6.02. The van der Waals surface area contributed by atoms with Crippen molar-refractivity contribution < 1.29 is 8.42 Å². The van der Waals surface area contributed by atoms with Crippen LogP contribution in [0.1, 0.15) is 25.7 Å². The van der Waals surface area contributed by atoms with Crippen molar-refractivity contribution in [2.75, 3.05) is 19.3 Å². The third-order valence-corrected chi connectivity index (χ3v) is 5.14. The van der Waals surface area contributed by atoms with Crippen LogP contribution in [-0.4, -0.2) is 33.0 Å². The van der Waals surface area contributed by atoms with E-state index < -0.39 is 9.84 Å². The van der Waals surface area contributed by atoms with E-state index in [0.29, 0.717) is 5.41 Å². The molecule has 0 amide bonds. The number of hydrogen-bond acceptors (Lipinski definition) is 3. The number of rotatable bonds is 1. The van der Waals surface area contributed by atoms with E-state index in [-0.39, 0.29) is 5.25 Å². The van der Waals surface area contributed by atoms with E-state index in [2.05, 4.69) is 5.32 Å². The summed E-state index contributed by atoms with van der Waals surface area (Å²) in [4.78, 5) is 0. The molecule has 1 saturated heterocycles. The Morgan fingerprint density at radius 2 is 1.77 bits per heavy atom. The van der Waals surface area contributed by atoms with Gasteiger partial charge in [0.15, 0.2) is 0 Å². The fourth-order valence-corrected chi connectivity index (χ4v) is 3.89. The molecule has 0 bridgehead atoms. The summed E-state index contributed by atoms with van der Waals surface area (Å²) < 4.78 is 22.4. The molecule has 1 saturated carbocycles. The molecule has 1 aliphatic carbocycles. The summed E-state index contributed by atoms with van der Waals surface area (Å²) in [5, 5.41) is 3.28. The fraction of sp³-hybridized carbons (Fsp3) is 1.00. The molecule has 3 nitrogen and oxygen atoms in total. The lowest BCUT2D eigenvalue weighted by molar-refractivity contribution is 0.0904. The minimum Gasteiger partial charge on any atom is -0.317 e. The standard InChI is InChI=1S/C9H17NO2S/c1-13(11,12)8-6-9(7-8)2-4-10-5-3-9/h8,10H,2-7H2,1H3. The second-order valence-corrected chi connectivity index (χ2v) is 6.94. The van der Waals surface area contributed by atoms with E-state index in [1.165, 1.54) is 19.1 Å². The van der Waals surface area contributed by atoms with Gasteiger partial charge in [0.05, 0.1) is 5.25 Å². The zero-order valence-corrected chi connectivity index (χ0v) is 8.86. The van der Waals surface area contributed by atoms with E-state index >= 15 is 0 Å². The normalized spacial score (nSPS) is 28.7. The van der Waals surface area contributed by atoms with Crippen molar-refractivity contribution >= 4 is 9.84 Å². The lowest BCUT2D eigenvalue weighted by Gasteiger charge is -2.49. The Kier molecular flexibility index (Phi) is 2.15. The van der Waals surface area contributed by atoms with Gasteiger partial charge >= 0.3 is 0 Å². The number of piperidine rings is 1. The Morgan fingerprint density at radius 3 is 2.23 bits per heavy atom. The predicted octanol–water partition coefficient (Wildman–Crippen LogP) is 0.563. The van der Waals surface area contributed by atoms with Gasteiger partial charge in [-0.25, -0.2) is 8.42 Å². The average Bonchev–Trinajstić information content (AvgIpc) is 2.00. The summed E-state index contributed by atoms with van der Waals surface area (Å²) in [6, 6.07) is 0. The van der Waals surface area contributed by atoms with Gasteiger partial charge in [-0.2, -0.15) is 0 Å². The van der Waals surface area contributed by atoms with Crippen LogP contribution in [0, 0.1) is 5.41 Å². The molecule has 0 radical (unpaired) electrons. The lowest BCUT2D eigenvalue weighted by Crippen LogP contribution is -2.50. The lowest BCUT2D eigenvalue weighted by atomic mass is 9.63. The van der Waals surface area contributed by atoms with Crippen molar-refractivity contribution in [2.45, 2.75) is 30.9 Å². The van der Waals surface area contributed by atoms with Gasteiger partial charge in [0.2, 0.25) is 0 Å². The number of sulfone groups is 1. The molecule has 2 aliphatic rings. The smallest absolute Gasteiger partial charge is 0.150 e. The highest BCUT2D eigenvalue weighted by molar-refractivity contribution is 7.91. The zero-order chi connectivity index (χ0) is 9.53. The molecule has 0 aromatic carbocycles. The highest BCUT2D eigenvalue weighted by Gasteiger charge is 2.48. The van der Waals surface area contributed by atoms with Gasteiger partial charge in [-0.3, -0.25) is 0 Å². The molecule has 76 valence electrons. The third-order valence-electron chi connectivity index (χ3n) is 3.59. The van der Waals surface area contributed by atoms with Crippen LogP contribution >= 0.6 is 0 Å². The highest BCUT2D eigenvalue weighted by Crippen LogP contribution is 2.50. The zero-order valence-electron chi connectivity index (χ0n) is 8.04. The van der Waals surface area contributed by atoms with Crippen molar-refractivity contribution in [3.05, 3.63) is 0 Å². The van der Waals surface area contributed by atoms with Gasteiger partial charge in [-0.1, -0.05) is 0 Å². The second-order valence-electron chi connectivity index (χ2n) is 4.61. The Labute approximate surface area is 79.8 Å². The summed E-state index contributed by atoms with van der Waals surface area (Å²) in [6.07, 6.45) is 5.52. The van der Waals surface area contributed by atoms with E-state index in [1.807, 2.05) is 0 Å². The molecule has 2 rings (SSSR count). The summed E-state index contributed by atoms with van der Waals surface area (Å²) in [5.74, 6) is 0. The Bertz CT molecular complexity index is 283. The molecule has 0 unspecified atom stereocenters.